The summed E-state index contributed by atoms with van der Waals surface area (Å²) in [5, 5.41) is 7.30. The summed E-state index contributed by atoms with van der Waals surface area (Å²) in [6.07, 6.45) is 6.90. The van der Waals surface area contributed by atoms with Gasteiger partial charge in [0.2, 0.25) is 0 Å². The zero-order valence-corrected chi connectivity index (χ0v) is 11.1. The number of nitrogens with two attached hydrogens (primary N) is 1. The minimum absolute atomic E-state index is 0.0361. The molecule has 1 aromatic rings. The summed E-state index contributed by atoms with van der Waals surface area (Å²) >= 11 is 0. The summed E-state index contributed by atoms with van der Waals surface area (Å²) in [5.74, 6) is 0.851. The predicted octanol–water partition coefficient (Wildman–Crippen LogP) is 1.78. The molecule has 98 valence electrons. The molecule has 2 heterocycles. The summed E-state index contributed by atoms with van der Waals surface area (Å²) in [6.45, 7) is 6.68. The molecule has 0 aliphatic carbocycles. The number of nitrogen functional groups attached to an aromatic ring is 1. The van der Waals surface area contributed by atoms with Crippen molar-refractivity contribution in [2.45, 2.75) is 33.1 Å². The van der Waals surface area contributed by atoms with Crippen LogP contribution in [0.4, 0.5) is 5.82 Å². The van der Waals surface area contributed by atoms with Gasteiger partial charge in [0, 0.05) is 13.1 Å². The molecule has 1 aromatic heterocycles. The maximum absolute atomic E-state index is 7.30. The Labute approximate surface area is 108 Å². The molecule has 0 atom stereocenters. The SMILES string of the molecule is CC1(C)CCCN(c2cnc(C(=N)N)cn2)CC1. The van der Waals surface area contributed by atoms with Crippen LogP contribution in [0.5, 0.6) is 0 Å². The van der Waals surface area contributed by atoms with E-state index in [1.54, 1.807) is 12.4 Å². The lowest BCUT2D eigenvalue weighted by molar-refractivity contribution is 0.325. The van der Waals surface area contributed by atoms with E-state index in [1.807, 2.05) is 0 Å². The van der Waals surface area contributed by atoms with Crippen molar-refractivity contribution in [3.05, 3.63) is 18.1 Å². The van der Waals surface area contributed by atoms with Gasteiger partial charge in [-0.05, 0) is 24.7 Å². The zero-order valence-electron chi connectivity index (χ0n) is 11.1. The van der Waals surface area contributed by atoms with Crippen molar-refractivity contribution in [2.24, 2.45) is 11.1 Å². The molecule has 1 aliphatic heterocycles. The van der Waals surface area contributed by atoms with Crippen molar-refractivity contribution < 1.29 is 0 Å². The smallest absolute Gasteiger partial charge is 0.147 e. The van der Waals surface area contributed by atoms with E-state index in [0.29, 0.717) is 11.1 Å². The second-order valence-electron chi connectivity index (χ2n) is 5.68. The summed E-state index contributed by atoms with van der Waals surface area (Å²) in [4.78, 5) is 10.8. The molecule has 0 unspecified atom stereocenters. The van der Waals surface area contributed by atoms with Crippen LogP contribution in [0.2, 0.25) is 0 Å². The highest BCUT2D eigenvalue weighted by Gasteiger charge is 2.23. The standard InChI is InChI=1S/C13H21N5/c1-13(2)4-3-6-18(7-5-13)11-9-16-10(8-17-11)12(14)15/h8-9H,3-7H2,1-2H3,(H3,14,15). The lowest BCUT2D eigenvalue weighted by Gasteiger charge is -2.23. The first-order valence-electron chi connectivity index (χ1n) is 6.39. The predicted molar refractivity (Wildman–Crippen MR) is 72.9 cm³/mol. The van der Waals surface area contributed by atoms with Crippen LogP contribution in [0.25, 0.3) is 0 Å². The lowest BCUT2D eigenvalue weighted by atomic mass is 9.85. The van der Waals surface area contributed by atoms with Crippen LogP contribution in [0.3, 0.4) is 0 Å². The number of nitrogens with one attached hydrogen (secondary N) is 1. The fourth-order valence-corrected chi connectivity index (χ4v) is 2.28. The Morgan fingerprint density at radius 2 is 2.06 bits per heavy atom. The Morgan fingerprint density at radius 1 is 1.28 bits per heavy atom. The van der Waals surface area contributed by atoms with Crippen molar-refractivity contribution >= 4 is 11.7 Å². The minimum Gasteiger partial charge on any atom is -0.382 e. The van der Waals surface area contributed by atoms with Crippen LogP contribution in [0.1, 0.15) is 38.8 Å². The van der Waals surface area contributed by atoms with Crippen molar-refractivity contribution in [1.82, 2.24) is 9.97 Å². The molecule has 1 fully saturated rings. The van der Waals surface area contributed by atoms with Gasteiger partial charge in [-0.3, -0.25) is 5.41 Å². The summed E-state index contributed by atoms with van der Waals surface area (Å²) < 4.78 is 0. The third kappa shape index (κ3) is 2.97. The van der Waals surface area contributed by atoms with Gasteiger partial charge in [0.15, 0.2) is 0 Å². The first-order valence-corrected chi connectivity index (χ1v) is 6.39. The summed E-state index contributed by atoms with van der Waals surface area (Å²) in [6, 6.07) is 0. The first-order chi connectivity index (χ1) is 8.48. The highest BCUT2D eigenvalue weighted by atomic mass is 15.2. The van der Waals surface area contributed by atoms with E-state index >= 15 is 0 Å². The van der Waals surface area contributed by atoms with Crippen LogP contribution in [-0.4, -0.2) is 28.9 Å². The molecule has 0 aromatic carbocycles. The van der Waals surface area contributed by atoms with Gasteiger partial charge in [0.25, 0.3) is 0 Å². The number of anilines is 1. The summed E-state index contributed by atoms with van der Waals surface area (Å²) in [7, 11) is 0. The maximum Gasteiger partial charge on any atom is 0.147 e. The van der Waals surface area contributed by atoms with Crippen LogP contribution >= 0.6 is 0 Å². The average Bonchev–Trinajstić information content (AvgIpc) is 2.50. The molecule has 0 saturated carbocycles. The normalized spacial score (nSPS) is 19.3. The van der Waals surface area contributed by atoms with Crippen molar-refractivity contribution in [2.75, 3.05) is 18.0 Å². The van der Waals surface area contributed by atoms with E-state index in [2.05, 4.69) is 28.7 Å². The van der Waals surface area contributed by atoms with Gasteiger partial charge in [-0.15, -0.1) is 0 Å². The molecule has 0 bridgehead atoms. The monoisotopic (exact) mass is 247 g/mol. The third-order valence-electron chi connectivity index (χ3n) is 3.58. The van der Waals surface area contributed by atoms with Gasteiger partial charge in [0.05, 0.1) is 12.4 Å². The fourth-order valence-electron chi connectivity index (χ4n) is 2.28. The molecule has 0 amide bonds. The molecule has 1 aliphatic rings. The highest BCUT2D eigenvalue weighted by molar-refractivity contribution is 5.92. The number of hydrogen-bond donors (Lipinski definition) is 2. The molecule has 2 rings (SSSR count). The van der Waals surface area contributed by atoms with Gasteiger partial charge in [-0.1, -0.05) is 13.8 Å². The van der Waals surface area contributed by atoms with Crippen molar-refractivity contribution in [3.63, 3.8) is 0 Å². The van der Waals surface area contributed by atoms with Gasteiger partial charge in [0.1, 0.15) is 17.3 Å². The number of nitrogens with zero attached hydrogens (tertiary/aromatic N) is 3. The molecule has 0 spiro atoms. The molecule has 0 radical (unpaired) electrons. The maximum atomic E-state index is 7.30. The Morgan fingerprint density at radius 3 is 2.67 bits per heavy atom. The number of rotatable bonds is 2. The summed E-state index contributed by atoms with van der Waals surface area (Å²) in [5.41, 5.74) is 6.23. The third-order valence-corrected chi connectivity index (χ3v) is 3.58. The van der Waals surface area contributed by atoms with Crippen molar-refractivity contribution in [1.29, 1.82) is 5.41 Å². The Bertz CT molecular complexity index is 424. The second-order valence-corrected chi connectivity index (χ2v) is 5.68. The van der Waals surface area contributed by atoms with Gasteiger partial charge < -0.3 is 10.6 Å². The van der Waals surface area contributed by atoms with Crippen molar-refractivity contribution in [3.8, 4) is 0 Å². The fraction of sp³-hybridized carbons (Fsp3) is 0.615. The van der Waals surface area contributed by atoms with E-state index in [9.17, 15) is 0 Å². The Hall–Kier alpha value is -1.65. The number of hydrogen-bond acceptors (Lipinski definition) is 4. The van der Waals surface area contributed by atoms with E-state index in [-0.39, 0.29) is 5.84 Å². The molecule has 3 N–H and O–H groups in total. The Kier molecular flexibility index (Phi) is 3.50. The van der Waals surface area contributed by atoms with Crippen LogP contribution in [-0.2, 0) is 0 Å². The largest absolute Gasteiger partial charge is 0.382 e. The van der Waals surface area contributed by atoms with E-state index in [4.69, 9.17) is 11.1 Å². The van der Waals surface area contributed by atoms with Crippen LogP contribution in [0, 0.1) is 10.8 Å². The van der Waals surface area contributed by atoms with E-state index in [0.717, 1.165) is 18.9 Å². The lowest BCUT2D eigenvalue weighted by Crippen LogP contribution is -2.26. The Balaban J connectivity index is 2.09. The molecule has 18 heavy (non-hydrogen) atoms. The molecule has 5 nitrogen and oxygen atoms in total. The minimum atomic E-state index is -0.0361. The second kappa shape index (κ2) is 4.92. The highest BCUT2D eigenvalue weighted by Crippen LogP contribution is 2.30. The quantitative estimate of drug-likeness (QED) is 0.616. The molecular weight excluding hydrogens is 226 g/mol. The average molecular weight is 247 g/mol. The van der Waals surface area contributed by atoms with Gasteiger partial charge in [-0.2, -0.15) is 0 Å². The van der Waals surface area contributed by atoms with Gasteiger partial charge >= 0.3 is 0 Å². The van der Waals surface area contributed by atoms with Crippen LogP contribution < -0.4 is 10.6 Å². The number of aromatic nitrogens is 2. The number of amidine groups is 1. The molecule has 5 heteroatoms. The first kappa shape index (κ1) is 12.8. The molecule has 1 saturated heterocycles. The topological polar surface area (TPSA) is 78.9 Å². The zero-order chi connectivity index (χ0) is 13.2. The van der Waals surface area contributed by atoms with E-state index in [1.165, 1.54) is 19.3 Å². The van der Waals surface area contributed by atoms with Gasteiger partial charge in [-0.25, -0.2) is 9.97 Å². The molecular formula is C13H21N5. The van der Waals surface area contributed by atoms with Crippen LogP contribution in [0.15, 0.2) is 12.4 Å². The van der Waals surface area contributed by atoms with E-state index < -0.39 is 0 Å².